The van der Waals surface area contributed by atoms with Crippen molar-refractivity contribution in [3.8, 4) is 0 Å². The molecule has 0 saturated heterocycles. The number of hydrogen-bond donors (Lipinski definition) is 1. The fourth-order valence-corrected chi connectivity index (χ4v) is 11.2. The number of allylic oxidation sites excluding steroid dienone is 3. The van der Waals surface area contributed by atoms with E-state index in [-0.39, 0.29) is 17.3 Å². The van der Waals surface area contributed by atoms with Gasteiger partial charge in [-0.25, -0.2) is 0 Å². The summed E-state index contributed by atoms with van der Waals surface area (Å²) in [5.41, 5.74) is 1.81. The molecule has 10 unspecified atom stereocenters. The average molecular weight is 469 g/mol. The number of methoxy groups -OCH3 is 1. The first-order valence-electron chi connectivity index (χ1n) is 14.0. The van der Waals surface area contributed by atoms with E-state index < -0.39 is 11.5 Å². The summed E-state index contributed by atoms with van der Waals surface area (Å²) in [4.78, 5) is 13.0. The van der Waals surface area contributed by atoms with E-state index >= 15 is 0 Å². The minimum Gasteiger partial charge on any atom is -0.469 e. The SMILES string of the molecule is C=C(C)C=CCC(C)C1CCC2(C)C3CCC4C(C)(C(=O)OC)C(O)CCC45CC35CCC12C. The highest BCUT2D eigenvalue weighted by atomic mass is 16.5. The first kappa shape index (κ1) is 24.6. The maximum atomic E-state index is 13.0. The summed E-state index contributed by atoms with van der Waals surface area (Å²) in [5.74, 6) is 2.33. The van der Waals surface area contributed by atoms with Crippen LogP contribution in [0.3, 0.4) is 0 Å². The van der Waals surface area contributed by atoms with E-state index in [1.165, 1.54) is 45.6 Å². The summed E-state index contributed by atoms with van der Waals surface area (Å²) in [7, 11) is 1.49. The highest BCUT2D eigenvalue weighted by molar-refractivity contribution is 5.78. The molecule has 0 heterocycles. The van der Waals surface area contributed by atoms with Crippen molar-refractivity contribution in [1.82, 2.24) is 0 Å². The lowest BCUT2D eigenvalue weighted by atomic mass is 9.41. The molecule has 0 radical (unpaired) electrons. The smallest absolute Gasteiger partial charge is 0.314 e. The van der Waals surface area contributed by atoms with Crippen molar-refractivity contribution in [3.63, 3.8) is 0 Å². The molecule has 0 aromatic carbocycles. The molecule has 0 aromatic rings. The quantitative estimate of drug-likeness (QED) is 0.346. The Morgan fingerprint density at radius 1 is 1.03 bits per heavy atom. The zero-order chi connectivity index (χ0) is 24.7. The van der Waals surface area contributed by atoms with Crippen LogP contribution < -0.4 is 0 Å². The van der Waals surface area contributed by atoms with Crippen molar-refractivity contribution in [2.24, 2.45) is 50.7 Å². The molecule has 5 rings (SSSR count). The molecule has 0 bridgehead atoms. The van der Waals surface area contributed by atoms with Crippen LogP contribution in [0.2, 0.25) is 0 Å². The van der Waals surface area contributed by atoms with Gasteiger partial charge in [-0.05, 0) is 123 Å². The molecule has 5 fully saturated rings. The van der Waals surface area contributed by atoms with Gasteiger partial charge in [0.1, 0.15) is 0 Å². The molecule has 10 atom stereocenters. The number of carbonyl (C=O) groups is 1. The Kier molecular flexibility index (Phi) is 5.57. The summed E-state index contributed by atoms with van der Waals surface area (Å²) in [6.07, 6.45) is 15.9. The van der Waals surface area contributed by atoms with Crippen LogP contribution >= 0.6 is 0 Å². The van der Waals surface area contributed by atoms with E-state index in [9.17, 15) is 9.90 Å². The Balaban J connectivity index is 1.44. The number of esters is 1. The van der Waals surface area contributed by atoms with E-state index in [1.807, 2.05) is 6.92 Å². The molecule has 1 N–H and O–H groups in total. The summed E-state index contributed by atoms with van der Waals surface area (Å²) in [6.45, 7) is 15.9. The van der Waals surface area contributed by atoms with Gasteiger partial charge in [-0.1, -0.05) is 45.1 Å². The predicted molar refractivity (Wildman–Crippen MR) is 137 cm³/mol. The third kappa shape index (κ3) is 2.83. The topological polar surface area (TPSA) is 46.5 Å². The van der Waals surface area contributed by atoms with Crippen molar-refractivity contribution in [3.05, 3.63) is 24.3 Å². The highest BCUT2D eigenvalue weighted by Crippen LogP contribution is 2.89. The van der Waals surface area contributed by atoms with E-state index in [2.05, 4.69) is 46.4 Å². The van der Waals surface area contributed by atoms with Crippen molar-refractivity contribution in [2.45, 2.75) is 105 Å². The van der Waals surface area contributed by atoms with Crippen LogP contribution in [0.15, 0.2) is 24.3 Å². The Labute approximate surface area is 207 Å². The lowest BCUT2D eigenvalue weighted by molar-refractivity contribution is -0.191. The van der Waals surface area contributed by atoms with Gasteiger partial charge in [0.05, 0.1) is 18.6 Å². The fraction of sp³-hybridized carbons (Fsp3) is 0.839. The molecule has 0 aliphatic heterocycles. The number of rotatable bonds is 5. The molecule has 190 valence electrons. The van der Waals surface area contributed by atoms with Gasteiger partial charge >= 0.3 is 5.97 Å². The van der Waals surface area contributed by atoms with Crippen molar-refractivity contribution < 1.29 is 14.6 Å². The second-order valence-electron chi connectivity index (χ2n) is 13.9. The molecule has 0 amide bonds. The molecular weight excluding hydrogens is 420 g/mol. The molecule has 5 aliphatic rings. The predicted octanol–water partition coefficient (Wildman–Crippen LogP) is 7.10. The second kappa shape index (κ2) is 7.70. The molecule has 5 aliphatic carbocycles. The Morgan fingerprint density at radius 2 is 1.71 bits per heavy atom. The molecule has 3 nitrogen and oxygen atoms in total. The lowest BCUT2D eigenvalue weighted by Gasteiger charge is -2.63. The van der Waals surface area contributed by atoms with Crippen LogP contribution in [0.25, 0.3) is 0 Å². The van der Waals surface area contributed by atoms with Gasteiger partial charge in [0.25, 0.3) is 0 Å². The monoisotopic (exact) mass is 468 g/mol. The molecule has 2 spiro atoms. The third-order valence-electron chi connectivity index (χ3n) is 13.0. The van der Waals surface area contributed by atoms with Crippen LogP contribution in [0.5, 0.6) is 0 Å². The zero-order valence-corrected chi connectivity index (χ0v) is 22.6. The molecule has 3 heteroatoms. The van der Waals surface area contributed by atoms with Crippen LogP contribution in [0.4, 0.5) is 0 Å². The number of hydrogen-bond acceptors (Lipinski definition) is 3. The Morgan fingerprint density at radius 3 is 2.38 bits per heavy atom. The minimum atomic E-state index is -0.745. The third-order valence-corrected chi connectivity index (χ3v) is 13.0. The summed E-state index contributed by atoms with van der Waals surface area (Å²) in [6, 6.07) is 0. The number of fused-ring (bicyclic) bond motifs is 2. The van der Waals surface area contributed by atoms with Gasteiger partial charge in [-0.15, -0.1) is 0 Å². The summed E-state index contributed by atoms with van der Waals surface area (Å²) in [5, 5.41) is 11.0. The van der Waals surface area contributed by atoms with Crippen LogP contribution in [0.1, 0.15) is 98.8 Å². The van der Waals surface area contributed by atoms with E-state index in [1.54, 1.807) is 0 Å². The lowest BCUT2D eigenvalue weighted by Crippen LogP contribution is -2.60. The van der Waals surface area contributed by atoms with E-state index in [0.29, 0.717) is 22.2 Å². The second-order valence-corrected chi connectivity index (χ2v) is 13.9. The van der Waals surface area contributed by atoms with Crippen molar-refractivity contribution >= 4 is 5.97 Å². The average Bonchev–Trinajstić information content (AvgIpc) is 3.38. The molecule has 0 aromatic heterocycles. The van der Waals surface area contributed by atoms with Crippen LogP contribution in [-0.4, -0.2) is 24.3 Å². The Hall–Kier alpha value is -1.09. The highest BCUT2D eigenvalue weighted by Gasteiger charge is 2.83. The number of aliphatic hydroxyl groups is 1. The maximum absolute atomic E-state index is 13.0. The van der Waals surface area contributed by atoms with Crippen molar-refractivity contribution in [2.75, 3.05) is 7.11 Å². The van der Waals surface area contributed by atoms with Gasteiger partial charge in [0, 0.05) is 0 Å². The first-order valence-corrected chi connectivity index (χ1v) is 14.0. The number of carbonyl (C=O) groups excluding carboxylic acids is 1. The van der Waals surface area contributed by atoms with Gasteiger partial charge < -0.3 is 9.84 Å². The zero-order valence-electron chi connectivity index (χ0n) is 22.6. The van der Waals surface area contributed by atoms with Crippen molar-refractivity contribution in [1.29, 1.82) is 0 Å². The van der Waals surface area contributed by atoms with Gasteiger partial charge in [0.2, 0.25) is 0 Å². The molecular formula is C31H48O3. The normalized spacial score (nSPS) is 52.2. The van der Waals surface area contributed by atoms with Gasteiger partial charge in [-0.2, -0.15) is 0 Å². The van der Waals surface area contributed by atoms with Gasteiger partial charge in [-0.3, -0.25) is 4.79 Å². The minimum absolute atomic E-state index is 0.186. The number of aliphatic hydroxyl groups excluding tert-OH is 1. The molecule has 5 saturated carbocycles. The first-order chi connectivity index (χ1) is 15.9. The summed E-state index contributed by atoms with van der Waals surface area (Å²) >= 11 is 0. The number of ether oxygens (including phenoxy) is 1. The maximum Gasteiger partial charge on any atom is 0.314 e. The van der Waals surface area contributed by atoms with E-state index in [0.717, 1.165) is 43.1 Å². The van der Waals surface area contributed by atoms with Gasteiger partial charge in [0.15, 0.2) is 0 Å². The standard InChI is InChI=1S/C31H48O3/c1-20(2)9-8-10-21(3)22-13-15-28(5)23-11-12-24-29(6,26(33)34-7)25(32)14-16-30(24)19-31(23,30)18-17-27(22,28)4/h8-9,21-25,32H,1,10-19H2,2-7H3. The fourth-order valence-electron chi connectivity index (χ4n) is 11.2. The summed E-state index contributed by atoms with van der Waals surface area (Å²) < 4.78 is 5.29. The van der Waals surface area contributed by atoms with E-state index in [4.69, 9.17) is 4.74 Å². The van der Waals surface area contributed by atoms with Crippen LogP contribution in [0, 0.1) is 50.7 Å². The molecule has 34 heavy (non-hydrogen) atoms. The van der Waals surface area contributed by atoms with Crippen LogP contribution in [-0.2, 0) is 9.53 Å². The Bertz CT molecular complexity index is 906. The largest absolute Gasteiger partial charge is 0.469 e.